The summed E-state index contributed by atoms with van der Waals surface area (Å²) in [6, 6.07) is 1.58. The SMILES string of the molecule is C[C@H]1CC[C@H](Cn2cnc3nc(-c4noc(=O)[nH]4)nc(-c4cc(Cl)cnc4O)c32)CC1. The molecule has 5 rings (SSSR count). The lowest BCUT2D eigenvalue weighted by Gasteiger charge is -2.26. The molecule has 0 saturated heterocycles. The number of halogens is 1. The minimum Gasteiger partial charge on any atom is -0.493 e. The summed E-state index contributed by atoms with van der Waals surface area (Å²) < 4.78 is 6.60. The van der Waals surface area contributed by atoms with E-state index in [4.69, 9.17) is 11.6 Å². The molecule has 0 unspecified atom stereocenters. The highest BCUT2D eigenvalue weighted by Gasteiger charge is 2.24. The predicted molar refractivity (Wildman–Crippen MR) is 112 cm³/mol. The Balaban J connectivity index is 1.67. The van der Waals surface area contributed by atoms with Gasteiger partial charge in [0.2, 0.25) is 17.5 Å². The van der Waals surface area contributed by atoms with Gasteiger partial charge in [0.25, 0.3) is 0 Å². The summed E-state index contributed by atoms with van der Waals surface area (Å²) in [6.45, 7) is 3.06. The topological polar surface area (TPSA) is 136 Å². The van der Waals surface area contributed by atoms with Gasteiger partial charge in [0.05, 0.1) is 16.9 Å². The third-order valence-corrected chi connectivity index (χ3v) is 6.01. The molecule has 0 aliphatic heterocycles. The average Bonchev–Trinajstić information content (AvgIpc) is 3.37. The first-order chi connectivity index (χ1) is 15.0. The van der Waals surface area contributed by atoms with E-state index in [1.807, 2.05) is 4.57 Å². The quantitative estimate of drug-likeness (QED) is 0.491. The Bertz CT molecular complexity index is 1300. The van der Waals surface area contributed by atoms with E-state index in [2.05, 4.69) is 41.5 Å². The highest BCUT2D eigenvalue weighted by atomic mass is 35.5. The lowest BCUT2D eigenvalue weighted by Crippen LogP contribution is -2.17. The Morgan fingerprint density at radius 2 is 2.06 bits per heavy atom. The number of hydrogen-bond donors (Lipinski definition) is 2. The summed E-state index contributed by atoms with van der Waals surface area (Å²) in [4.78, 5) is 31.3. The maximum Gasteiger partial charge on any atom is 0.439 e. The fourth-order valence-corrected chi connectivity index (χ4v) is 4.29. The highest BCUT2D eigenvalue weighted by Crippen LogP contribution is 2.35. The van der Waals surface area contributed by atoms with Crippen LogP contribution in [0.4, 0.5) is 0 Å². The Labute approximate surface area is 181 Å². The molecule has 1 saturated carbocycles. The molecule has 2 N–H and O–H groups in total. The van der Waals surface area contributed by atoms with Crippen LogP contribution < -0.4 is 5.76 Å². The maximum atomic E-state index is 11.4. The molecule has 1 fully saturated rings. The summed E-state index contributed by atoms with van der Waals surface area (Å²) in [5.41, 5.74) is 1.81. The number of H-pyrrole nitrogens is 1. The molecule has 1 aliphatic rings. The molecule has 4 heterocycles. The van der Waals surface area contributed by atoms with E-state index in [1.165, 1.54) is 19.0 Å². The zero-order chi connectivity index (χ0) is 21.5. The van der Waals surface area contributed by atoms with E-state index in [9.17, 15) is 9.90 Å². The molecule has 10 nitrogen and oxygen atoms in total. The Morgan fingerprint density at radius 3 is 2.81 bits per heavy atom. The molecule has 31 heavy (non-hydrogen) atoms. The number of imidazole rings is 1. The van der Waals surface area contributed by atoms with Crippen molar-refractivity contribution in [2.24, 2.45) is 11.8 Å². The van der Waals surface area contributed by atoms with Crippen molar-refractivity contribution >= 4 is 22.8 Å². The fourth-order valence-electron chi connectivity index (χ4n) is 4.13. The minimum atomic E-state index is -0.718. The maximum absolute atomic E-state index is 11.4. The molecule has 0 amide bonds. The van der Waals surface area contributed by atoms with Crippen LogP contribution in [0.1, 0.15) is 32.6 Å². The minimum absolute atomic E-state index is 0.0680. The zero-order valence-corrected chi connectivity index (χ0v) is 17.5. The Morgan fingerprint density at radius 1 is 1.26 bits per heavy atom. The van der Waals surface area contributed by atoms with E-state index in [0.717, 1.165) is 25.3 Å². The number of pyridine rings is 1. The van der Waals surface area contributed by atoms with Crippen LogP contribution >= 0.6 is 11.6 Å². The lowest BCUT2D eigenvalue weighted by atomic mass is 9.83. The third-order valence-electron chi connectivity index (χ3n) is 5.80. The van der Waals surface area contributed by atoms with Gasteiger partial charge >= 0.3 is 5.76 Å². The Kier molecular flexibility index (Phi) is 4.93. The average molecular weight is 442 g/mol. The molecule has 4 aromatic rings. The van der Waals surface area contributed by atoms with Crippen LogP contribution in [0.5, 0.6) is 5.88 Å². The van der Waals surface area contributed by atoms with Crippen molar-refractivity contribution in [2.45, 2.75) is 39.2 Å². The van der Waals surface area contributed by atoms with Crippen LogP contribution in [0.15, 0.2) is 27.9 Å². The number of hydrogen-bond acceptors (Lipinski definition) is 8. The van der Waals surface area contributed by atoms with Gasteiger partial charge in [-0.15, -0.1) is 0 Å². The van der Waals surface area contributed by atoms with Crippen molar-refractivity contribution < 1.29 is 9.63 Å². The van der Waals surface area contributed by atoms with Crippen molar-refractivity contribution in [1.82, 2.24) is 34.6 Å². The normalized spacial score (nSPS) is 19.2. The number of fused-ring (bicyclic) bond motifs is 1. The van der Waals surface area contributed by atoms with E-state index in [0.29, 0.717) is 33.4 Å². The van der Waals surface area contributed by atoms with E-state index in [-0.39, 0.29) is 17.5 Å². The van der Waals surface area contributed by atoms with Crippen molar-refractivity contribution in [3.8, 4) is 28.8 Å². The van der Waals surface area contributed by atoms with Gasteiger partial charge in [-0.05, 0) is 30.7 Å². The first kappa shape index (κ1) is 19.7. The molecule has 0 radical (unpaired) electrons. The number of nitrogens with one attached hydrogen (secondary N) is 1. The lowest BCUT2D eigenvalue weighted by molar-refractivity contribution is 0.266. The highest BCUT2D eigenvalue weighted by molar-refractivity contribution is 6.30. The van der Waals surface area contributed by atoms with Crippen LogP contribution in [-0.4, -0.2) is 39.8 Å². The van der Waals surface area contributed by atoms with Gasteiger partial charge in [0.1, 0.15) is 11.2 Å². The first-order valence-corrected chi connectivity index (χ1v) is 10.5. The molecule has 0 aromatic carbocycles. The smallest absolute Gasteiger partial charge is 0.439 e. The second-order valence-corrected chi connectivity index (χ2v) is 8.50. The van der Waals surface area contributed by atoms with Crippen LogP contribution in [0, 0.1) is 11.8 Å². The summed E-state index contributed by atoms with van der Waals surface area (Å²) in [7, 11) is 0. The van der Waals surface area contributed by atoms with Crippen molar-refractivity contribution in [3.05, 3.63) is 34.2 Å². The van der Waals surface area contributed by atoms with Crippen molar-refractivity contribution in [1.29, 1.82) is 0 Å². The van der Waals surface area contributed by atoms with E-state index >= 15 is 0 Å². The van der Waals surface area contributed by atoms with Gasteiger partial charge in [-0.3, -0.25) is 9.51 Å². The second-order valence-electron chi connectivity index (χ2n) is 8.06. The number of nitrogens with zero attached hydrogens (tertiary/aromatic N) is 6. The summed E-state index contributed by atoms with van der Waals surface area (Å²) in [6.07, 6.45) is 7.81. The van der Waals surface area contributed by atoms with Gasteiger partial charge in [0.15, 0.2) is 5.65 Å². The number of aromatic nitrogens is 7. The standard InChI is InChI=1S/C20H20ClN7O3/c1-10-2-4-11(5-3-10)8-28-9-23-16-15(28)14(13-6-12(21)7-22-19(13)29)24-17(25-16)18-26-20(30)31-27-18/h6-7,9-11H,2-5,8H2,1H3,(H,22,29)(H,26,27,30)/t10-,11-. The van der Waals surface area contributed by atoms with E-state index < -0.39 is 5.76 Å². The molecular weight excluding hydrogens is 422 g/mol. The summed E-state index contributed by atoms with van der Waals surface area (Å²) >= 11 is 6.15. The van der Waals surface area contributed by atoms with Crippen LogP contribution in [-0.2, 0) is 6.54 Å². The third kappa shape index (κ3) is 3.78. The predicted octanol–water partition coefficient (Wildman–Crippen LogP) is 3.42. The number of aromatic hydroxyl groups is 1. The number of rotatable bonds is 4. The van der Waals surface area contributed by atoms with Crippen LogP contribution in [0.2, 0.25) is 5.02 Å². The molecule has 0 atom stereocenters. The monoisotopic (exact) mass is 441 g/mol. The largest absolute Gasteiger partial charge is 0.493 e. The van der Waals surface area contributed by atoms with E-state index in [1.54, 1.807) is 12.4 Å². The second kappa shape index (κ2) is 7.77. The fraction of sp³-hybridized carbons (Fsp3) is 0.400. The molecular formula is C20H20ClN7O3. The molecule has 0 bridgehead atoms. The number of aromatic amines is 1. The van der Waals surface area contributed by atoms with Crippen molar-refractivity contribution in [2.75, 3.05) is 0 Å². The van der Waals surface area contributed by atoms with Gasteiger partial charge in [0, 0.05) is 12.7 Å². The van der Waals surface area contributed by atoms with Crippen molar-refractivity contribution in [3.63, 3.8) is 0 Å². The summed E-state index contributed by atoms with van der Waals surface area (Å²) in [5, 5.41) is 14.5. The van der Waals surface area contributed by atoms with Gasteiger partial charge in [-0.1, -0.05) is 36.5 Å². The van der Waals surface area contributed by atoms with Gasteiger partial charge in [-0.25, -0.2) is 24.7 Å². The molecule has 0 spiro atoms. The first-order valence-electron chi connectivity index (χ1n) is 10.1. The molecule has 1 aliphatic carbocycles. The molecule has 11 heteroatoms. The van der Waals surface area contributed by atoms with Gasteiger partial charge < -0.3 is 9.67 Å². The zero-order valence-electron chi connectivity index (χ0n) is 16.7. The van der Waals surface area contributed by atoms with Gasteiger partial charge in [-0.2, -0.15) is 0 Å². The molecule has 160 valence electrons. The Hall–Kier alpha value is -3.27. The molecule has 4 aromatic heterocycles. The van der Waals surface area contributed by atoms with Crippen LogP contribution in [0.3, 0.4) is 0 Å². The summed E-state index contributed by atoms with van der Waals surface area (Å²) in [5.74, 6) is 0.533. The van der Waals surface area contributed by atoms with Crippen LogP contribution in [0.25, 0.3) is 34.1 Å².